The van der Waals surface area contributed by atoms with Crippen molar-refractivity contribution in [2.45, 2.75) is 19.4 Å². The number of ether oxygens (including phenoxy) is 2. The van der Waals surface area contributed by atoms with Crippen molar-refractivity contribution in [3.8, 4) is 11.5 Å². The minimum atomic E-state index is -1.05. The van der Waals surface area contributed by atoms with Crippen LogP contribution >= 0.6 is 0 Å². The van der Waals surface area contributed by atoms with Gasteiger partial charge in [0.15, 0.2) is 11.5 Å². The second-order valence-corrected chi connectivity index (χ2v) is 5.07. The highest BCUT2D eigenvalue weighted by molar-refractivity contribution is 5.92. The number of amides is 1. The molecule has 0 bridgehead atoms. The first-order valence-electron chi connectivity index (χ1n) is 7.12. The number of nitrogens with one attached hydrogen (secondary N) is 1. The van der Waals surface area contributed by atoms with E-state index in [0.717, 1.165) is 0 Å². The van der Waals surface area contributed by atoms with Crippen LogP contribution in [0.5, 0.6) is 11.5 Å². The summed E-state index contributed by atoms with van der Waals surface area (Å²) in [5, 5.41) is 15.4. The third kappa shape index (κ3) is 4.03. The molecule has 0 aliphatic heterocycles. The van der Waals surface area contributed by atoms with Gasteiger partial charge in [0.05, 0.1) is 32.4 Å². The standard InChI is InChI=1S/C16H18N2O6/c1-9-6-14(24-18-9)16(21)17-11(8-15(19)20)10-4-5-12(22-2)13(7-10)23-3/h4-7,11H,8H2,1-3H3,(H,17,21)(H,19,20). The lowest BCUT2D eigenvalue weighted by molar-refractivity contribution is -0.137. The van der Waals surface area contributed by atoms with Crippen molar-refractivity contribution >= 4 is 11.9 Å². The van der Waals surface area contributed by atoms with Crippen LogP contribution in [0, 0.1) is 6.92 Å². The van der Waals surface area contributed by atoms with Crippen LogP contribution in [-0.2, 0) is 4.79 Å². The van der Waals surface area contributed by atoms with Gasteiger partial charge in [-0.1, -0.05) is 11.2 Å². The van der Waals surface area contributed by atoms with Crippen LogP contribution in [0.1, 0.15) is 34.3 Å². The van der Waals surface area contributed by atoms with Gasteiger partial charge in [-0.2, -0.15) is 0 Å². The van der Waals surface area contributed by atoms with Gasteiger partial charge >= 0.3 is 5.97 Å². The molecule has 2 aromatic rings. The molecule has 0 saturated carbocycles. The largest absolute Gasteiger partial charge is 0.493 e. The van der Waals surface area contributed by atoms with Crippen LogP contribution in [0.25, 0.3) is 0 Å². The Kier molecular flexibility index (Phi) is 5.41. The van der Waals surface area contributed by atoms with E-state index in [1.165, 1.54) is 20.3 Å². The van der Waals surface area contributed by atoms with Crippen LogP contribution in [0.15, 0.2) is 28.8 Å². The van der Waals surface area contributed by atoms with E-state index in [1.54, 1.807) is 25.1 Å². The summed E-state index contributed by atoms with van der Waals surface area (Å²) in [4.78, 5) is 23.3. The third-order valence-electron chi connectivity index (χ3n) is 3.35. The topological polar surface area (TPSA) is 111 Å². The maximum absolute atomic E-state index is 12.2. The Morgan fingerprint density at radius 2 is 1.96 bits per heavy atom. The monoisotopic (exact) mass is 334 g/mol. The molecule has 0 aliphatic rings. The summed E-state index contributed by atoms with van der Waals surface area (Å²) < 4.78 is 15.3. The molecule has 0 fully saturated rings. The average Bonchev–Trinajstić information content (AvgIpc) is 2.99. The molecule has 2 rings (SSSR count). The van der Waals surface area contributed by atoms with Crippen molar-refractivity contribution < 1.29 is 28.7 Å². The Bertz CT molecular complexity index is 740. The number of aromatic nitrogens is 1. The molecule has 0 spiro atoms. The molecule has 1 atom stereocenters. The highest BCUT2D eigenvalue weighted by atomic mass is 16.5. The number of rotatable bonds is 7. The highest BCUT2D eigenvalue weighted by Gasteiger charge is 2.22. The summed E-state index contributed by atoms with van der Waals surface area (Å²) >= 11 is 0. The van der Waals surface area contributed by atoms with Gasteiger partial charge in [-0.15, -0.1) is 0 Å². The van der Waals surface area contributed by atoms with Crippen LogP contribution < -0.4 is 14.8 Å². The van der Waals surface area contributed by atoms with E-state index in [2.05, 4.69) is 10.5 Å². The van der Waals surface area contributed by atoms with Crippen LogP contribution in [0.3, 0.4) is 0 Å². The first kappa shape index (κ1) is 17.3. The Balaban J connectivity index is 2.28. The van der Waals surface area contributed by atoms with Crippen LogP contribution in [0.4, 0.5) is 0 Å². The number of nitrogens with zero attached hydrogens (tertiary/aromatic N) is 1. The molecule has 0 saturated heterocycles. The fourth-order valence-corrected chi connectivity index (χ4v) is 2.20. The number of hydrogen-bond donors (Lipinski definition) is 2. The zero-order valence-electron chi connectivity index (χ0n) is 13.5. The fraction of sp³-hybridized carbons (Fsp3) is 0.312. The van der Waals surface area contributed by atoms with Gasteiger partial charge in [-0.05, 0) is 24.6 Å². The first-order chi connectivity index (χ1) is 11.4. The molecule has 1 aromatic heterocycles. The molecular formula is C16H18N2O6. The minimum absolute atomic E-state index is 0.0170. The number of carboxylic acids is 1. The molecule has 8 heteroatoms. The fourth-order valence-electron chi connectivity index (χ4n) is 2.20. The first-order valence-corrected chi connectivity index (χ1v) is 7.12. The number of carbonyl (C=O) groups is 2. The zero-order valence-corrected chi connectivity index (χ0v) is 13.5. The van der Waals surface area contributed by atoms with Crippen LogP contribution in [0.2, 0.25) is 0 Å². The summed E-state index contributed by atoms with van der Waals surface area (Å²) in [6.45, 7) is 1.68. The molecule has 8 nitrogen and oxygen atoms in total. The Labute approximate surface area is 138 Å². The van der Waals surface area contributed by atoms with Crippen molar-refractivity contribution in [2.75, 3.05) is 14.2 Å². The van der Waals surface area contributed by atoms with Crippen molar-refractivity contribution in [1.29, 1.82) is 0 Å². The summed E-state index contributed by atoms with van der Waals surface area (Å²) in [7, 11) is 2.98. The van der Waals surface area contributed by atoms with E-state index in [9.17, 15) is 9.59 Å². The lowest BCUT2D eigenvalue weighted by atomic mass is 10.0. The number of benzene rings is 1. The van der Waals surface area contributed by atoms with Crippen molar-refractivity contribution in [2.24, 2.45) is 0 Å². The molecule has 1 amide bonds. The van der Waals surface area contributed by atoms with Crippen molar-refractivity contribution in [3.05, 3.63) is 41.3 Å². The predicted molar refractivity (Wildman–Crippen MR) is 83.2 cm³/mol. The van der Waals surface area contributed by atoms with Gasteiger partial charge in [-0.25, -0.2) is 0 Å². The molecule has 0 radical (unpaired) electrons. The summed E-state index contributed by atoms with van der Waals surface area (Å²) in [5.74, 6) is -0.633. The minimum Gasteiger partial charge on any atom is -0.493 e. The molecule has 0 aliphatic carbocycles. The molecule has 128 valence electrons. The number of aryl methyl sites for hydroxylation is 1. The van der Waals surface area contributed by atoms with E-state index in [-0.39, 0.29) is 12.2 Å². The van der Waals surface area contributed by atoms with Gasteiger partial charge in [0.25, 0.3) is 5.91 Å². The summed E-state index contributed by atoms with van der Waals surface area (Å²) in [6.07, 6.45) is -0.297. The molecule has 1 heterocycles. The van der Waals surface area contributed by atoms with Crippen LogP contribution in [-0.4, -0.2) is 36.4 Å². The quantitative estimate of drug-likeness (QED) is 0.796. The maximum atomic E-state index is 12.2. The van der Waals surface area contributed by atoms with E-state index < -0.39 is 17.9 Å². The number of hydrogen-bond acceptors (Lipinski definition) is 6. The highest BCUT2D eigenvalue weighted by Crippen LogP contribution is 2.31. The molecule has 2 N–H and O–H groups in total. The summed E-state index contributed by atoms with van der Waals surface area (Å²) in [5.41, 5.74) is 1.13. The smallest absolute Gasteiger partial charge is 0.305 e. The normalized spacial score (nSPS) is 11.6. The molecule has 24 heavy (non-hydrogen) atoms. The Hall–Kier alpha value is -3.03. The van der Waals surface area contributed by atoms with Crippen molar-refractivity contribution in [3.63, 3.8) is 0 Å². The van der Waals surface area contributed by atoms with E-state index >= 15 is 0 Å². The van der Waals surface area contributed by atoms with E-state index in [0.29, 0.717) is 22.8 Å². The lowest BCUT2D eigenvalue weighted by Gasteiger charge is -2.18. The number of carboxylic acid groups (broad SMARTS) is 1. The Morgan fingerprint density at radius 1 is 1.25 bits per heavy atom. The number of aliphatic carboxylic acids is 1. The maximum Gasteiger partial charge on any atom is 0.305 e. The van der Waals surface area contributed by atoms with Crippen molar-refractivity contribution in [1.82, 2.24) is 10.5 Å². The SMILES string of the molecule is COc1ccc(C(CC(=O)O)NC(=O)c2cc(C)no2)cc1OC. The van der Waals surface area contributed by atoms with Gasteiger partial charge in [0.2, 0.25) is 5.76 Å². The van der Waals surface area contributed by atoms with E-state index in [4.69, 9.17) is 19.1 Å². The lowest BCUT2D eigenvalue weighted by Crippen LogP contribution is -2.30. The Morgan fingerprint density at radius 3 is 2.50 bits per heavy atom. The predicted octanol–water partition coefficient (Wildman–Crippen LogP) is 1.95. The molecule has 1 unspecified atom stereocenters. The van der Waals surface area contributed by atoms with Gasteiger partial charge in [0, 0.05) is 6.07 Å². The zero-order chi connectivity index (χ0) is 17.7. The molecular weight excluding hydrogens is 316 g/mol. The van der Waals surface area contributed by atoms with Gasteiger partial charge in [0.1, 0.15) is 0 Å². The average molecular weight is 334 g/mol. The van der Waals surface area contributed by atoms with Gasteiger partial charge < -0.3 is 24.4 Å². The third-order valence-corrected chi connectivity index (χ3v) is 3.35. The second-order valence-electron chi connectivity index (χ2n) is 5.07. The van der Waals surface area contributed by atoms with E-state index in [1.807, 2.05) is 0 Å². The summed E-state index contributed by atoms with van der Waals surface area (Å²) in [6, 6.07) is 5.65. The number of carbonyl (C=O) groups excluding carboxylic acids is 1. The molecule has 1 aromatic carbocycles. The van der Waals surface area contributed by atoms with Gasteiger partial charge in [-0.3, -0.25) is 9.59 Å². The number of methoxy groups -OCH3 is 2. The second kappa shape index (κ2) is 7.49.